The monoisotopic (exact) mass is 257 g/mol. The van der Waals surface area contributed by atoms with E-state index in [4.69, 9.17) is 15.7 Å². The number of carbonyl (C=O) groups excluding carboxylic acids is 1. The van der Waals surface area contributed by atoms with Gasteiger partial charge in [0, 0.05) is 0 Å². The molecule has 0 spiro atoms. The fraction of sp³-hybridized carbons (Fsp3) is 0.167. The second-order valence-electron chi connectivity index (χ2n) is 3.59. The maximum absolute atomic E-state index is 11.6. The smallest absolute Gasteiger partial charge is 0.361 e. The number of pyridine rings is 1. The molecule has 2 rings (SSSR count). The van der Waals surface area contributed by atoms with Crippen molar-refractivity contribution < 1.29 is 9.53 Å². The van der Waals surface area contributed by atoms with E-state index in [1.165, 1.54) is 10.9 Å². The molecule has 0 unspecified atom stereocenters. The number of aromatic nitrogens is 3. The van der Waals surface area contributed by atoms with Crippen LogP contribution in [0.15, 0.2) is 24.4 Å². The van der Waals surface area contributed by atoms with Crippen LogP contribution < -0.4 is 5.73 Å². The molecule has 0 aliphatic carbocycles. The van der Waals surface area contributed by atoms with Gasteiger partial charge in [0.2, 0.25) is 0 Å². The molecule has 2 aromatic rings. The number of hydrogen-bond donors (Lipinski definition) is 1. The quantitative estimate of drug-likeness (QED) is 0.818. The number of nitrogens with two attached hydrogens (primary N) is 1. The molecule has 19 heavy (non-hydrogen) atoms. The summed E-state index contributed by atoms with van der Waals surface area (Å²) in [5.74, 6) is -0.184. The van der Waals surface area contributed by atoms with Gasteiger partial charge in [-0.15, -0.1) is 0 Å². The Bertz CT molecular complexity index is 656. The van der Waals surface area contributed by atoms with Crippen LogP contribution in [-0.2, 0) is 4.74 Å². The Morgan fingerprint density at radius 3 is 3.05 bits per heavy atom. The van der Waals surface area contributed by atoms with Gasteiger partial charge in [-0.3, -0.25) is 0 Å². The first-order valence-corrected chi connectivity index (χ1v) is 5.55. The van der Waals surface area contributed by atoms with Crippen molar-refractivity contribution in [2.45, 2.75) is 6.92 Å². The minimum absolute atomic E-state index is 0.0333. The van der Waals surface area contributed by atoms with Crippen molar-refractivity contribution in [2.24, 2.45) is 0 Å². The van der Waals surface area contributed by atoms with Gasteiger partial charge < -0.3 is 10.5 Å². The van der Waals surface area contributed by atoms with E-state index in [0.717, 1.165) is 0 Å². The van der Waals surface area contributed by atoms with Crippen molar-refractivity contribution in [2.75, 3.05) is 12.3 Å². The Morgan fingerprint density at radius 1 is 1.58 bits per heavy atom. The van der Waals surface area contributed by atoms with Gasteiger partial charge in [-0.1, -0.05) is 6.07 Å². The van der Waals surface area contributed by atoms with Gasteiger partial charge >= 0.3 is 5.97 Å². The minimum Gasteiger partial charge on any atom is -0.461 e. The summed E-state index contributed by atoms with van der Waals surface area (Å²) in [4.78, 5) is 15.6. The number of carbonyl (C=O) groups is 1. The van der Waals surface area contributed by atoms with Crippen molar-refractivity contribution >= 4 is 11.7 Å². The Morgan fingerprint density at radius 2 is 2.37 bits per heavy atom. The molecular formula is C12H11N5O2. The van der Waals surface area contributed by atoms with Crippen molar-refractivity contribution in [1.29, 1.82) is 5.26 Å². The van der Waals surface area contributed by atoms with Gasteiger partial charge in [-0.2, -0.15) is 10.4 Å². The Kier molecular flexibility index (Phi) is 3.43. The number of anilines is 1. The number of nitrogens with zero attached hydrogens (tertiary/aromatic N) is 4. The summed E-state index contributed by atoms with van der Waals surface area (Å²) < 4.78 is 6.17. The highest BCUT2D eigenvalue weighted by atomic mass is 16.5. The number of hydrogen-bond acceptors (Lipinski definition) is 6. The number of esters is 1. The third kappa shape index (κ3) is 2.52. The van der Waals surface area contributed by atoms with Crippen molar-refractivity contribution in [3.05, 3.63) is 35.8 Å². The Balaban J connectivity index is 2.39. The summed E-state index contributed by atoms with van der Waals surface area (Å²) in [6.45, 7) is 1.94. The molecule has 0 radical (unpaired) electrons. The molecule has 0 saturated carbocycles. The standard InChI is InChI=1S/C12H11N5O2/c1-2-19-12(18)11-9(14)7-17(16-11)10-5-3-4-8(6-13)15-10/h3-5,7H,2,14H2,1H3. The number of nitrogen functional groups attached to an aromatic ring is 1. The second kappa shape index (κ2) is 5.18. The lowest BCUT2D eigenvalue weighted by atomic mass is 10.3. The Labute approximate surface area is 109 Å². The molecule has 0 atom stereocenters. The molecule has 2 aromatic heterocycles. The summed E-state index contributed by atoms with van der Waals surface area (Å²) in [7, 11) is 0. The van der Waals surface area contributed by atoms with Gasteiger partial charge in [0.05, 0.1) is 18.5 Å². The second-order valence-corrected chi connectivity index (χ2v) is 3.59. The van der Waals surface area contributed by atoms with Crippen molar-refractivity contribution in [3.8, 4) is 11.9 Å². The molecular weight excluding hydrogens is 246 g/mol. The van der Waals surface area contributed by atoms with Gasteiger partial charge in [0.15, 0.2) is 11.5 Å². The molecule has 7 heteroatoms. The predicted octanol–water partition coefficient (Wildman–Crippen LogP) is 0.898. The average Bonchev–Trinajstić information content (AvgIpc) is 2.81. The van der Waals surface area contributed by atoms with Crippen molar-refractivity contribution in [1.82, 2.24) is 14.8 Å². The van der Waals surface area contributed by atoms with Crippen LogP contribution in [0.1, 0.15) is 23.1 Å². The largest absolute Gasteiger partial charge is 0.461 e. The van der Waals surface area contributed by atoms with Gasteiger partial charge in [-0.25, -0.2) is 14.5 Å². The van der Waals surface area contributed by atoms with Crippen LogP contribution >= 0.6 is 0 Å². The number of nitriles is 1. The van der Waals surface area contributed by atoms with Gasteiger partial charge in [-0.05, 0) is 19.1 Å². The molecule has 0 bridgehead atoms. The molecule has 2 N–H and O–H groups in total. The summed E-state index contributed by atoms with van der Waals surface area (Å²) in [5, 5.41) is 12.8. The molecule has 0 saturated heterocycles. The molecule has 0 amide bonds. The van der Waals surface area contributed by atoms with E-state index >= 15 is 0 Å². The fourth-order valence-electron chi connectivity index (χ4n) is 1.48. The normalized spacial score (nSPS) is 9.89. The lowest BCUT2D eigenvalue weighted by molar-refractivity contribution is 0.0520. The highest BCUT2D eigenvalue weighted by Crippen LogP contribution is 2.14. The number of ether oxygens (including phenoxy) is 1. The summed E-state index contributed by atoms with van der Waals surface area (Å²) in [5.41, 5.74) is 6.19. The fourth-order valence-corrected chi connectivity index (χ4v) is 1.48. The highest BCUT2D eigenvalue weighted by molar-refractivity contribution is 5.92. The zero-order valence-corrected chi connectivity index (χ0v) is 10.2. The van der Waals surface area contributed by atoms with Crippen LogP contribution in [0.2, 0.25) is 0 Å². The van der Waals surface area contributed by atoms with Crippen LogP contribution in [0, 0.1) is 11.3 Å². The van der Waals surface area contributed by atoms with E-state index < -0.39 is 5.97 Å². The molecule has 7 nitrogen and oxygen atoms in total. The van der Waals surface area contributed by atoms with Crippen molar-refractivity contribution in [3.63, 3.8) is 0 Å². The Hall–Kier alpha value is -2.88. The first-order chi connectivity index (χ1) is 9.15. The van der Waals surface area contributed by atoms with E-state index in [1.54, 1.807) is 25.1 Å². The van der Waals surface area contributed by atoms with E-state index in [1.807, 2.05) is 6.07 Å². The summed E-state index contributed by atoms with van der Waals surface area (Å²) in [6.07, 6.45) is 1.45. The minimum atomic E-state index is -0.588. The maximum Gasteiger partial charge on any atom is 0.361 e. The van der Waals surface area contributed by atoms with Crippen LogP contribution in [0.5, 0.6) is 0 Å². The lowest BCUT2D eigenvalue weighted by Gasteiger charge is -2.00. The maximum atomic E-state index is 11.6. The SMILES string of the molecule is CCOC(=O)c1nn(-c2cccc(C#N)n2)cc1N. The summed E-state index contributed by atoms with van der Waals surface area (Å²) >= 11 is 0. The van der Waals surface area contributed by atoms with Crippen LogP contribution in [0.4, 0.5) is 5.69 Å². The number of rotatable bonds is 3. The zero-order valence-electron chi connectivity index (χ0n) is 10.2. The molecule has 0 aliphatic rings. The van der Waals surface area contributed by atoms with E-state index in [2.05, 4.69) is 10.1 Å². The molecule has 0 aliphatic heterocycles. The van der Waals surface area contributed by atoms with E-state index in [9.17, 15) is 4.79 Å². The van der Waals surface area contributed by atoms with Gasteiger partial charge in [0.1, 0.15) is 11.8 Å². The predicted molar refractivity (Wildman–Crippen MR) is 66.4 cm³/mol. The van der Waals surface area contributed by atoms with Gasteiger partial charge in [0.25, 0.3) is 0 Å². The first kappa shape index (κ1) is 12.6. The lowest BCUT2D eigenvalue weighted by Crippen LogP contribution is -2.08. The van der Waals surface area contributed by atoms with Crippen LogP contribution in [0.3, 0.4) is 0 Å². The van der Waals surface area contributed by atoms with E-state index in [-0.39, 0.29) is 23.7 Å². The summed E-state index contributed by atoms with van der Waals surface area (Å²) in [6, 6.07) is 6.82. The molecule has 0 aromatic carbocycles. The van der Waals surface area contributed by atoms with E-state index in [0.29, 0.717) is 5.82 Å². The first-order valence-electron chi connectivity index (χ1n) is 5.55. The average molecular weight is 257 g/mol. The topological polar surface area (TPSA) is 107 Å². The highest BCUT2D eigenvalue weighted by Gasteiger charge is 2.16. The van der Waals surface area contributed by atoms with Crippen LogP contribution in [0.25, 0.3) is 5.82 Å². The molecule has 96 valence electrons. The zero-order chi connectivity index (χ0) is 13.8. The third-order valence-corrected chi connectivity index (χ3v) is 2.29. The molecule has 0 fully saturated rings. The third-order valence-electron chi connectivity index (χ3n) is 2.29. The van der Waals surface area contributed by atoms with Crippen LogP contribution in [-0.4, -0.2) is 27.3 Å². The molecule has 2 heterocycles.